The van der Waals surface area contributed by atoms with E-state index in [2.05, 4.69) is 31.2 Å². The number of hydrogen-bond acceptors (Lipinski definition) is 1. The third-order valence-corrected chi connectivity index (χ3v) is 3.40. The molecule has 0 aliphatic rings. The Bertz CT molecular complexity index is 206. The summed E-state index contributed by atoms with van der Waals surface area (Å²) in [7, 11) is 0. The Kier molecular flexibility index (Phi) is 16.9. The molecular weight excluding hydrogens is 230 g/mol. The monoisotopic (exact) mass is 265 g/mol. The second kappa shape index (κ2) is 17.4. The molecule has 112 valence electrons. The highest BCUT2D eigenvalue weighted by Gasteiger charge is 1.89. The summed E-state index contributed by atoms with van der Waals surface area (Å²) in [5.74, 6) is 0. The predicted molar refractivity (Wildman–Crippen MR) is 88.4 cm³/mol. The summed E-state index contributed by atoms with van der Waals surface area (Å²) < 4.78 is 0. The summed E-state index contributed by atoms with van der Waals surface area (Å²) in [6.07, 6.45) is 24.9. The van der Waals surface area contributed by atoms with Crippen LogP contribution in [0.25, 0.3) is 0 Å². The molecule has 0 aromatic carbocycles. The van der Waals surface area contributed by atoms with Gasteiger partial charge in [0.05, 0.1) is 0 Å². The van der Waals surface area contributed by atoms with Gasteiger partial charge in [-0.25, -0.2) is 0 Å². The zero-order chi connectivity index (χ0) is 14.0. The minimum atomic E-state index is 0.856. The summed E-state index contributed by atoms with van der Waals surface area (Å²) in [5.41, 5.74) is 5.47. The maximum absolute atomic E-state index is 5.47. The Morgan fingerprint density at radius 2 is 1.16 bits per heavy atom. The zero-order valence-electron chi connectivity index (χ0n) is 13.1. The molecule has 0 fully saturated rings. The standard InChI is InChI=1S/C18H35N/c1-2-3-4-5-6-7-8-9-10-11-12-13-14-15-16-17-18-19/h6-7,9-10H,2-5,8,11-19H2,1H3/b7-6-,10-9-. The molecule has 0 aromatic heterocycles. The summed E-state index contributed by atoms with van der Waals surface area (Å²) in [5, 5.41) is 0. The molecule has 0 amide bonds. The van der Waals surface area contributed by atoms with Gasteiger partial charge in [0.2, 0.25) is 0 Å². The third-order valence-electron chi connectivity index (χ3n) is 3.40. The van der Waals surface area contributed by atoms with Gasteiger partial charge in [0.1, 0.15) is 0 Å². The summed E-state index contributed by atoms with van der Waals surface area (Å²) >= 11 is 0. The molecule has 0 atom stereocenters. The van der Waals surface area contributed by atoms with Crippen LogP contribution >= 0.6 is 0 Å². The van der Waals surface area contributed by atoms with E-state index < -0.39 is 0 Å². The maximum Gasteiger partial charge on any atom is -0.00773 e. The normalized spacial score (nSPS) is 11.9. The van der Waals surface area contributed by atoms with Crippen molar-refractivity contribution in [3.05, 3.63) is 24.3 Å². The van der Waals surface area contributed by atoms with E-state index in [0.29, 0.717) is 0 Å². The molecule has 0 aliphatic heterocycles. The van der Waals surface area contributed by atoms with E-state index in [0.717, 1.165) is 13.0 Å². The second-order valence-corrected chi connectivity index (χ2v) is 5.37. The lowest BCUT2D eigenvalue weighted by Crippen LogP contribution is -1.97. The molecular formula is C18H35N. The summed E-state index contributed by atoms with van der Waals surface area (Å²) in [6, 6.07) is 0. The topological polar surface area (TPSA) is 26.0 Å². The molecule has 0 radical (unpaired) electrons. The number of rotatable bonds is 14. The molecule has 1 heteroatoms. The van der Waals surface area contributed by atoms with Crippen LogP contribution in [0.4, 0.5) is 0 Å². The van der Waals surface area contributed by atoms with Crippen LogP contribution < -0.4 is 5.73 Å². The molecule has 0 aromatic rings. The van der Waals surface area contributed by atoms with Gasteiger partial charge in [-0.05, 0) is 45.1 Å². The minimum Gasteiger partial charge on any atom is -0.330 e. The first kappa shape index (κ1) is 18.4. The van der Waals surface area contributed by atoms with Gasteiger partial charge in [-0.2, -0.15) is 0 Å². The molecule has 0 saturated carbocycles. The molecule has 0 unspecified atom stereocenters. The molecule has 0 spiro atoms. The second-order valence-electron chi connectivity index (χ2n) is 5.37. The SMILES string of the molecule is CCCCC/C=C\C/C=C\CCCCCCCCN. The summed E-state index contributed by atoms with van der Waals surface area (Å²) in [4.78, 5) is 0. The van der Waals surface area contributed by atoms with Crippen molar-refractivity contribution in [2.24, 2.45) is 5.73 Å². The van der Waals surface area contributed by atoms with Crippen LogP contribution in [0.1, 0.15) is 84.0 Å². The van der Waals surface area contributed by atoms with Gasteiger partial charge in [0.25, 0.3) is 0 Å². The average Bonchev–Trinajstić information content (AvgIpc) is 2.43. The van der Waals surface area contributed by atoms with E-state index in [-0.39, 0.29) is 0 Å². The number of hydrogen-bond donors (Lipinski definition) is 1. The van der Waals surface area contributed by atoms with Crippen LogP contribution in [0, 0.1) is 0 Å². The summed E-state index contributed by atoms with van der Waals surface area (Å²) in [6.45, 7) is 3.11. The highest BCUT2D eigenvalue weighted by molar-refractivity contribution is 4.92. The van der Waals surface area contributed by atoms with Crippen molar-refractivity contribution in [3.63, 3.8) is 0 Å². The van der Waals surface area contributed by atoms with Crippen molar-refractivity contribution >= 4 is 0 Å². The van der Waals surface area contributed by atoms with Gasteiger partial charge in [0, 0.05) is 0 Å². The van der Waals surface area contributed by atoms with Crippen LogP contribution in [0.15, 0.2) is 24.3 Å². The maximum atomic E-state index is 5.47. The van der Waals surface area contributed by atoms with Crippen molar-refractivity contribution in [3.8, 4) is 0 Å². The lowest BCUT2D eigenvalue weighted by molar-refractivity contribution is 0.600. The van der Waals surface area contributed by atoms with Crippen molar-refractivity contribution in [2.75, 3.05) is 6.54 Å². The van der Waals surface area contributed by atoms with Crippen LogP contribution in [0.5, 0.6) is 0 Å². The number of unbranched alkanes of at least 4 members (excludes halogenated alkanes) is 9. The fraction of sp³-hybridized carbons (Fsp3) is 0.778. The molecule has 2 N–H and O–H groups in total. The number of nitrogens with two attached hydrogens (primary N) is 1. The van der Waals surface area contributed by atoms with E-state index in [1.165, 1.54) is 70.6 Å². The van der Waals surface area contributed by atoms with Crippen molar-refractivity contribution in [1.29, 1.82) is 0 Å². The largest absolute Gasteiger partial charge is 0.330 e. The molecule has 0 bridgehead atoms. The lowest BCUT2D eigenvalue weighted by Gasteiger charge is -1.98. The van der Waals surface area contributed by atoms with E-state index >= 15 is 0 Å². The zero-order valence-corrected chi connectivity index (χ0v) is 13.1. The van der Waals surface area contributed by atoms with Gasteiger partial charge in [-0.15, -0.1) is 0 Å². The fourth-order valence-electron chi connectivity index (χ4n) is 2.13. The third kappa shape index (κ3) is 17.4. The van der Waals surface area contributed by atoms with E-state index in [1.54, 1.807) is 0 Å². The van der Waals surface area contributed by atoms with Crippen LogP contribution in [0.3, 0.4) is 0 Å². The first-order valence-corrected chi connectivity index (χ1v) is 8.42. The predicted octanol–water partition coefficient (Wildman–Crippen LogP) is 5.76. The lowest BCUT2D eigenvalue weighted by atomic mass is 10.1. The van der Waals surface area contributed by atoms with Crippen LogP contribution in [0.2, 0.25) is 0 Å². The highest BCUT2D eigenvalue weighted by Crippen LogP contribution is 2.07. The van der Waals surface area contributed by atoms with Crippen molar-refractivity contribution in [1.82, 2.24) is 0 Å². The molecule has 0 heterocycles. The van der Waals surface area contributed by atoms with Crippen LogP contribution in [-0.2, 0) is 0 Å². The molecule has 0 saturated heterocycles. The van der Waals surface area contributed by atoms with E-state index in [1.807, 2.05) is 0 Å². The quantitative estimate of drug-likeness (QED) is 0.314. The first-order chi connectivity index (χ1) is 9.41. The van der Waals surface area contributed by atoms with E-state index in [4.69, 9.17) is 5.73 Å². The van der Waals surface area contributed by atoms with Crippen LogP contribution in [-0.4, -0.2) is 6.54 Å². The van der Waals surface area contributed by atoms with Crippen molar-refractivity contribution < 1.29 is 0 Å². The Morgan fingerprint density at radius 3 is 1.74 bits per heavy atom. The van der Waals surface area contributed by atoms with Gasteiger partial charge in [-0.1, -0.05) is 69.8 Å². The van der Waals surface area contributed by atoms with Gasteiger partial charge in [-0.3, -0.25) is 0 Å². The van der Waals surface area contributed by atoms with Gasteiger partial charge < -0.3 is 5.73 Å². The molecule has 0 rings (SSSR count). The molecule has 19 heavy (non-hydrogen) atoms. The first-order valence-electron chi connectivity index (χ1n) is 8.42. The number of allylic oxidation sites excluding steroid dienone is 4. The van der Waals surface area contributed by atoms with E-state index in [9.17, 15) is 0 Å². The Labute approximate surface area is 121 Å². The fourth-order valence-corrected chi connectivity index (χ4v) is 2.13. The average molecular weight is 265 g/mol. The highest BCUT2D eigenvalue weighted by atomic mass is 14.5. The molecule has 1 nitrogen and oxygen atoms in total. The Balaban J connectivity index is 3.12. The Hall–Kier alpha value is -0.560. The minimum absolute atomic E-state index is 0.856. The van der Waals surface area contributed by atoms with Gasteiger partial charge >= 0.3 is 0 Å². The molecule has 0 aliphatic carbocycles. The van der Waals surface area contributed by atoms with Gasteiger partial charge in [0.15, 0.2) is 0 Å². The smallest absolute Gasteiger partial charge is 0.00773 e. The van der Waals surface area contributed by atoms with Crippen molar-refractivity contribution in [2.45, 2.75) is 84.0 Å². The Morgan fingerprint density at radius 1 is 0.632 bits per heavy atom.